The molecule has 0 N–H and O–H groups in total. The minimum atomic E-state index is -0.237. The summed E-state index contributed by atoms with van der Waals surface area (Å²) in [5.74, 6) is -0.360. The molecule has 8 nitrogen and oxygen atoms in total. The standard InChI is InChI=1S/C12H17N.2C11H15FN2.C11H16N2.C11H17N/c1-12(2,3)13-8-10-6-4-5-7-11(10)9-13;1-11(2,3)14-6-8-4-9(12)5-13-10(8)7-14;1-11(2,3)14-6-8-9(12)4-5-13-10(8)7-14;1-11(2,3)13-7-9-5-4-6-12-10(9)8-13;1-11(2,3)12-7-9-5-4-6-10(9)8-12/h4-7H,8-9H2,1-3H3;2*4-5H,6-7H2,1-3H3;4-6H,7-8H2,1-3H3;4-5H,6-8H2,1-3H3. The largest absolute Gasteiger partial charge is 0.290 e. The van der Waals surface area contributed by atoms with Crippen molar-refractivity contribution in [3.63, 3.8) is 0 Å². The summed E-state index contributed by atoms with van der Waals surface area (Å²) in [4.78, 5) is 24.7. The number of halogens is 2. The summed E-state index contributed by atoms with van der Waals surface area (Å²) in [7, 11) is 0. The molecule has 0 unspecified atom stereocenters. The van der Waals surface area contributed by atoms with Gasteiger partial charge in [0.15, 0.2) is 0 Å². The highest BCUT2D eigenvalue weighted by molar-refractivity contribution is 5.40. The molecule has 0 bridgehead atoms. The topological polar surface area (TPSA) is 54.9 Å². The molecule has 0 saturated heterocycles. The van der Waals surface area contributed by atoms with E-state index in [9.17, 15) is 8.78 Å². The smallest absolute Gasteiger partial charge is 0.141 e. The Morgan fingerprint density at radius 3 is 1.42 bits per heavy atom. The minimum absolute atomic E-state index is 0.0765. The molecule has 66 heavy (non-hydrogen) atoms. The zero-order chi connectivity index (χ0) is 48.4. The second-order valence-electron chi connectivity index (χ2n) is 23.7. The van der Waals surface area contributed by atoms with Gasteiger partial charge in [0.05, 0.1) is 23.3 Å². The molecule has 10 rings (SSSR count). The molecule has 5 aliphatic heterocycles. The van der Waals surface area contributed by atoms with E-state index in [1.165, 1.54) is 47.6 Å². The minimum Gasteiger partial charge on any atom is -0.290 e. The van der Waals surface area contributed by atoms with Crippen molar-refractivity contribution in [3.8, 4) is 0 Å². The number of aromatic nitrogens is 3. The van der Waals surface area contributed by atoms with Gasteiger partial charge in [0.25, 0.3) is 0 Å². The van der Waals surface area contributed by atoms with Crippen LogP contribution in [0, 0.1) is 11.6 Å². The second-order valence-corrected chi connectivity index (χ2v) is 23.7. The number of rotatable bonds is 0. The van der Waals surface area contributed by atoms with Crippen LogP contribution < -0.4 is 0 Å². The molecule has 0 radical (unpaired) electrons. The van der Waals surface area contributed by atoms with Crippen LogP contribution in [0.15, 0.2) is 90.4 Å². The van der Waals surface area contributed by atoms with Crippen LogP contribution >= 0.6 is 0 Å². The van der Waals surface area contributed by atoms with Crippen molar-refractivity contribution >= 4 is 0 Å². The van der Waals surface area contributed by atoms with Crippen molar-refractivity contribution in [1.82, 2.24) is 39.5 Å². The molecule has 1 aliphatic carbocycles. The number of hydrogen-bond acceptors (Lipinski definition) is 8. The van der Waals surface area contributed by atoms with Gasteiger partial charge < -0.3 is 0 Å². The maximum absolute atomic E-state index is 13.4. The lowest BCUT2D eigenvalue weighted by Gasteiger charge is -2.32. The fourth-order valence-electron chi connectivity index (χ4n) is 8.79. The lowest BCUT2D eigenvalue weighted by molar-refractivity contribution is 0.135. The van der Waals surface area contributed by atoms with Gasteiger partial charge in [0, 0.05) is 111 Å². The van der Waals surface area contributed by atoms with E-state index in [0.717, 1.165) is 74.9 Å². The number of hydrogen-bond donors (Lipinski definition) is 0. The SMILES string of the molecule is CC(C)(C)N1CC2=C(CC=C2)C1.CC(C)(C)N1Cc2cc(F)cnc2C1.CC(C)(C)N1Cc2ccccc2C1.CC(C)(C)N1Cc2cccnc2C1.CC(C)(C)N1Cc2nccc(F)c2C1. The average molecular weight is 903 g/mol. The summed E-state index contributed by atoms with van der Waals surface area (Å²) >= 11 is 0. The van der Waals surface area contributed by atoms with Crippen molar-refractivity contribution in [2.75, 3.05) is 13.1 Å². The van der Waals surface area contributed by atoms with Crippen molar-refractivity contribution in [3.05, 3.63) is 147 Å². The molecule has 3 aromatic heterocycles. The summed E-state index contributed by atoms with van der Waals surface area (Å²) in [6, 6.07) is 16.0. The lowest BCUT2D eigenvalue weighted by Crippen LogP contribution is -2.40. The van der Waals surface area contributed by atoms with Crippen LogP contribution in [0.1, 0.15) is 155 Å². The van der Waals surface area contributed by atoms with Gasteiger partial charge in [0.2, 0.25) is 0 Å². The summed E-state index contributed by atoms with van der Waals surface area (Å²) in [6.45, 7) is 43.0. The number of benzene rings is 1. The Kier molecular flexibility index (Phi) is 15.7. The van der Waals surface area contributed by atoms with Crippen molar-refractivity contribution in [2.24, 2.45) is 0 Å². The Hall–Kier alpha value is -4.19. The molecule has 0 spiro atoms. The Morgan fingerprint density at radius 2 is 0.894 bits per heavy atom. The van der Waals surface area contributed by atoms with E-state index in [1.54, 1.807) is 23.4 Å². The fourth-order valence-corrected chi connectivity index (χ4v) is 8.79. The molecule has 0 saturated carbocycles. The zero-order valence-electron chi connectivity index (χ0n) is 43.1. The van der Waals surface area contributed by atoms with E-state index in [1.807, 2.05) is 12.3 Å². The van der Waals surface area contributed by atoms with E-state index >= 15 is 0 Å². The third-order valence-corrected chi connectivity index (χ3v) is 13.7. The van der Waals surface area contributed by atoms with E-state index in [4.69, 9.17) is 0 Å². The highest BCUT2D eigenvalue weighted by atomic mass is 19.1. The molecular weight excluding hydrogens is 823 g/mol. The third-order valence-electron chi connectivity index (χ3n) is 13.7. The molecule has 10 heteroatoms. The molecule has 0 fully saturated rings. The van der Waals surface area contributed by atoms with Crippen LogP contribution in [0.4, 0.5) is 8.78 Å². The summed E-state index contributed by atoms with van der Waals surface area (Å²) in [5, 5.41) is 0. The van der Waals surface area contributed by atoms with Gasteiger partial charge in [-0.15, -0.1) is 0 Å². The maximum Gasteiger partial charge on any atom is 0.141 e. The molecule has 0 amide bonds. The van der Waals surface area contributed by atoms with Crippen LogP contribution in [0.25, 0.3) is 0 Å². The van der Waals surface area contributed by atoms with Crippen LogP contribution in [-0.4, -0.2) is 80.2 Å². The molecule has 358 valence electrons. The Bertz CT molecular complexity index is 2240. The summed E-state index contributed by atoms with van der Waals surface area (Å²) in [5.41, 5.74) is 13.6. The predicted molar refractivity (Wildman–Crippen MR) is 267 cm³/mol. The Labute approximate surface area is 397 Å². The Morgan fingerprint density at radius 1 is 0.439 bits per heavy atom. The van der Waals surface area contributed by atoms with Crippen LogP contribution in [0.3, 0.4) is 0 Å². The van der Waals surface area contributed by atoms with Gasteiger partial charge in [-0.2, -0.15) is 0 Å². The normalized spacial score (nSPS) is 18.5. The highest BCUT2D eigenvalue weighted by Crippen LogP contribution is 2.33. The predicted octanol–water partition coefficient (Wildman–Crippen LogP) is 12.0. The van der Waals surface area contributed by atoms with Gasteiger partial charge in [-0.1, -0.05) is 42.5 Å². The molecular formula is C56H80F2N8. The first kappa shape index (κ1) is 51.2. The molecule has 4 aromatic rings. The maximum atomic E-state index is 13.4. The number of fused-ring (bicyclic) bond motifs is 4. The monoisotopic (exact) mass is 903 g/mol. The van der Waals surface area contributed by atoms with Gasteiger partial charge in [-0.05, 0) is 162 Å². The molecule has 0 atom stereocenters. The first-order valence-corrected chi connectivity index (χ1v) is 24.0. The van der Waals surface area contributed by atoms with Crippen molar-refractivity contribution in [1.29, 1.82) is 0 Å². The first-order valence-electron chi connectivity index (χ1n) is 24.0. The quantitative estimate of drug-likeness (QED) is 0.173. The van der Waals surface area contributed by atoms with Crippen LogP contribution in [0.5, 0.6) is 0 Å². The first-order chi connectivity index (χ1) is 30.7. The number of allylic oxidation sites excluding steroid dienone is 1. The van der Waals surface area contributed by atoms with Crippen LogP contribution in [-0.2, 0) is 52.4 Å². The molecule has 8 heterocycles. The Balaban J connectivity index is 0.000000137. The van der Waals surface area contributed by atoms with Gasteiger partial charge in [-0.25, -0.2) is 8.78 Å². The second kappa shape index (κ2) is 20.2. The molecule has 1 aromatic carbocycles. The van der Waals surface area contributed by atoms with E-state index < -0.39 is 0 Å². The highest BCUT2D eigenvalue weighted by Gasteiger charge is 2.33. The van der Waals surface area contributed by atoms with Crippen molar-refractivity contribution < 1.29 is 8.78 Å². The van der Waals surface area contributed by atoms with Gasteiger partial charge in [-0.3, -0.25) is 39.5 Å². The van der Waals surface area contributed by atoms with Gasteiger partial charge in [0.1, 0.15) is 11.6 Å². The summed E-state index contributed by atoms with van der Waals surface area (Å²) in [6.07, 6.45) is 10.5. The zero-order valence-corrected chi connectivity index (χ0v) is 43.1. The van der Waals surface area contributed by atoms with E-state index in [2.05, 4.69) is 186 Å². The fraction of sp³-hybridized carbons (Fsp3) is 0.554. The number of nitrogens with zero attached hydrogens (tertiary/aromatic N) is 8. The van der Waals surface area contributed by atoms with E-state index in [-0.39, 0.29) is 28.3 Å². The average Bonchev–Trinajstić information content (AvgIpc) is 4.06. The number of pyridine rings is 3. The van der Waals surface area contributed by atoms with Gasteiger partial charge >= 0.3 is 0 Å². The third kappa shape index (κ3) is 13.3. The lowest BCUT2D eigenvalue weighted by atomic mass is 10.1. The van der Waals surface area contributed by atoms with E-state index in [0.29, 0.717) is 17.6 Å². The summed E-state index contributed by atoms with van der Waals surface area (Å²) < 4.78 is 26.3. The van der Waals surface area contributed by atoms with Crippen molar-refractivity contribution in [2.45, 2.75) is 190 Å². The van der Waals surface area contributed by atoms with Crippen LogP contribution in [0.2, 0.25) is 0 Å². The molecule has 6 aliphatic rings.